The van der Waals surface area contributed by atoms with Gasteiger partial charge in [0.15, 0.2) is 0 Å². The van der Waals surface area contributed by atoms with Crippen LogP contribution in [0.3, 0.4) is 0 Å². The van der Waals surface area contributed by atoms with Gasteiger partial charge in [-0.3, -0.25) is 14.4 Å². The van der Waals surface area contributed by atoms with E-state index in [1.165, 1.54) is 11.1 Å². The molecule has 1 aromatic carbocycles. The molecule has 0 radical (unpaired) electrons. The van der Waals surface area contributed by atoms with Crippen molar-refractivity contribution >= 4 is 28.6 Å². The number of alkyl halides is 2. The molecule has 2 unspecified atom stereocenters. The van der Waals surface area contributed by atoms with E-state index in [2.05, 4.69) is 26.9 Å². The van der Waals surface area contributed by atoms with Gasteiger partial charge in [0.2, 0.25) is 11.8 Å². The van der Waals surface area contributed by atoms with E-state index in [4.69, 9.17) is 0 Å². The number of carbonyl (C=O) groups excluding carboxylic acids is 3. The lowest BCUT2D eigenvalue weighted by Gasteiger charge is -2.34. The summed E-state index contributed by atoms with van der Waals surface area (Å²) in [5, 5.41) is 23.5. The Hall–Kier alpha value is -3.68. The molecule has 2 fully saturated rings. The van der Waals surface area contributed by atoms with Crippen LogP contribution in [0.25, 0.3) is 10.9 Å². The van der Waals surface area contributed by atoms with Gasteiger partial charge in [0.1, 0.15) is 18.1 Å². The number of nitrogens with one attached hydrogen (secondary N) is 2. The number of fused-ring (bicyclic) bond motifs is 2. The number of likely N-dealkylation sites (tertiary alicyclic amines) is 1. The molecule has 3 amide bonds. The molecule has 196 valence electrons. The van der Waals surface area contributed by atoms with Crippen LogP contribution in [-0.2, 0) is 14.4 Å². The second-order valence-corrected chi connectivity index (χ2v) is 10.9. The highest BCUT2D eigenvalue weighted by atomic mass is 19.3. The number of hydrogen-bond donors (Lipinski definition) is 2. The predicted molar refractivity (Wildman–Crippen MR) is 130 cm³/mol. The van der Waals surface area contributed by atoms with Crippen LogP contribution in [-0.4, -0.2) is 57.4 Å². The number of halogens is 2. The van der Waals surface area contributed by atoms with Crippen LogP contribution in [0.4, 0.5) is 8.78 Å². The Morgan fingerprint density at radius 1 is 1.22 bits per heavy atom. The van der Waals surface area contributed by atoms with Crippen molar-refractivity contribution in [3.63, 3.8) is 0 Å². The summed E-state index contributed by atoms with van der Waals surface area (Å²) in [6.07, 6.45) is 1.42. The first-order chi connectivity index (χ1) is 17.3. The fourth-order valence-electron chi connectivity index (χ4n) is 5.44. The molecule has 0 spiro atoms. The lowest BCUT2D eigenvalue weighted by molar-refractivity contribution is -0.150. The van der Waals surface area contributed by atoms with Gasteiger partial charge in [-0.2, -0.15) is 24.2 Å². The monoisotopic (exact) mass is 512 g/mol. The third-order valence-corrected chi connectivity index (χ3v) is 7.68. The summed E-state index contributed by atoms with van der Waals surface area (Å²) in [7, 11) is 0. The summed E-state index contributed by atoms with van der Waals surface area (Å²) in [6, 6.07) is 6.01. The fraction of sp³-hybridized carbons (Fsp3) is 0.538. The van der Waals surface area contributed by atoms with E-state index in [-0.39, 0.29) is 23.8 Å². The van der Waals surface area contributed by atoms with E-state index in [0.717, 1.165) is 0 Å². The van der Waals surface area contributed by atoms with E-state index in [1.807, 2.05) is 13.8 Å². The Kier molecular flexibility index (Phi) is 6.65. The number of rotatable bonds is 7. The molecule has 4 rings (SSSR count). The summed E-state index contributed by atoms with van der Waals surface area (Å²) in [5.41, 5.74) is 0.832. The second-order valence-electron chi connectivity index (χ2n) is 10.9. The van der Waals surface area contributed by atoms with Gasteiger partial charge < -0.3 is 15.5 Å². The lowest BCUT2D eigenvalue weighted by atomic mass is 9.96. The van der Waals surface area contributed by atoms with E-state index < -0.39 is 47.7 Å². The van der Waals surface area contributed by atoms with Crippen LogP contribution < -0.4 is 10.6 Å². The molecule has 0 bridgehead atoms. The zero-order valence-corrected chi connectivity index (χ0v) is 21.3. The van der Waals surface area contributed by atoms with Gasteiger partial charge in [0.05, 0.1) is 17.8 Å². The van der Waals surface area contributed by atoms with Gasteiger partial charge in [-0.05, 0) is 29.2 Å². The molecule has 9 nitrogen and oxygen atoms in total. The highest BCUT2D eigenvalue weighted by molar-refractivity contribution is 5.95. The first-order valence-electron chi connectivity index (χ1n) is 12.2. The van der Waals surface area contributed by atoms with Crippen molar-refractivity contribution < 1.29 is 23.2 Å². The maximum Gasteiger partial charge on any atom is 0.321 e. The third kappa shape index (κ3) is 4.72. The number of hydrogen-bond acceptors (Lipinski definition) is 6. The number of nitrogens with zero attached hydrogens (tertiary/aromatic N) is 4. The molecule has 1 aliphatic heterocycles. The van der Waals surface area contributed by atoms with Gasteiger partial charge in [-0.25, -0.2) is 0 Å². The first-order valence-corrected chi connectivity index (χ1v) is 12.2. The van der Waals surface area contributed by atoms with Crippen molar-refractivity contribution in [3.8, 4) is 6.07 Å². The van der Waals surface area contributed by atoms with Crippen molar-refractivity contribution in [1.82, 2.24) is 25.7 Å². The summed E-state index contributed by atoms with van der Waals surface area (Å²) >= 11 is 0. The average Bonchev–Trinajstić information content (AvgIpc) is 3.17. The summed E-state index contributed by atoms with van der Waals surface area (Å²) in [6.45, 7) is 8.01. The molecule has 1 saturated carbocycles. The topological polar surface area (TPSA) is 128 Å². The minimum absolute atomic E-state index is 0.0345. The molecule has 37 heavy (non-hydrogen) atoms. The summed E-state index contributed by atoms with van der Waals surface area (Å²) < 4.78 is 27.1. The highest BCUT2D eigenvalue weighted by Gasteiger charge is 2.69. The predicted octanol–water partition coefficient (Wildman–Crippen LogP) is 2.59. The Balaban J connectivity index is 1.61. The largest absolute Gasteiger partial charge is 0.339 e. The van der Waals surface area contributed by atoms with Crippen molar-refractivity contribution in [2.24, 2.45) is 23.2 Å². The van der Waals surface area contributed by atoms with E-state index in [9.17, 15) is 28.4 Å². The molecule has 2 N–H and O–H groups in total. The lowest BCUT2D eigenvalue weighted by Crippen LogP contribution is -2.58. The van der Waals surface area contributed by atoms with Gasteiger partial charge in [-0.1, -0.05) is 45.9 Å². The minimum atomic E-state index is -3.65. The number of carbonyl (C=O) groups is 3. The quantitative estimate of drug-likeness (QED) is 0.587. The van der Waals surface area contributed by atoms with Crippen LogP contribution in [0.5, 0.6) is 0 Å². The zero-order chi connectivity index (χ0) is 27.3. The van der Waals surface area contributed by atoms with E-state index in [1.54, 1.807) is 38.1 Å². The zero-order valence-electron chi connectivity index (χ0n) is 21.3. The maximum absolute atomic E-state index is 13.6. The molecule has 1 aromatic heterocycles. The van der Waals surface area contributed by atoms with Crippen LogP contribution in [0.2, 0.25) is 0 Å². The van der Waals surface area contributed by atoms with Crippen molar-refractivity contribution in [2.45, 2.75) is 58.7 Å². The number of nitriles is 1. The van der Waals surface area contributed by atoms with Crippen LogP contribution >= 0.6 is 0 Å². The Morgan fingerprint density at radius 3 is 2.51 bits per heavy atom. The van der Waals surface area contributed by atoms with E-state index in [0.29, 0.717) is 23.4 Å². The molecule has 2 heterocycles. The average molecular weight is 513 g/mol. The normalized spacial score (nSPS) is 23.6. The standard InChI is InChI=1S/C26H30F2N6O3/c1-13(2)20(32-24(37)26(5,27)28)23(36)34-12-16-19(25(16,3)4)21(34)22(35)31-18(10-29)15-11-30-33-17-9-7-6-8-14(15)17/h6-9,11,13,16,18-21H,12H2,1-5H3,(H,31,35)(H,32,37)/t16-,18?,19-,20?,21-/m0/s1. The van der Waals surface area contributed by atoms with Gasteiger partial charge in [-0.15, -0.1) is 0 Å². The molecule has 1 aliphatic carbocycles. The molecular weight excluding hydrogens is 482 g/mol. The number of amides is 3. The molecule has 11 heteroatoms. The fourth-order valence-corrected chi connectivity index (χ4v) is 5.44. The van der Waals surface area contributed by atoms with Crippen LogP contribution in [0.15, 0.2) is 30.5 Å². The molecular formula is C26H30F2N6O3. The number of aromatic nitrogens is 2. The molecule has 2 aliphatic rings. The second kappa shape index (κ2) is 9.32. The van der Waals surface area contributed by atoms with Crippen molar-refractivity contribution in [1.29, 1.82) is 5.26 Å². The third-order valence-electron chi connectivity index (χ3n) is 7.68. The highest BCUT2D eigenvalue weighted by Crippen LogP contribution is 2.65. The Morgan fingerprint density at radius 2 is 1.89 bits per heavy atom. The minimum Gasteiger partial charge on any atom is -0.339 e. The number of benzene rings is 1. The van der Waals surface area contributed by atoms with Crippen molar-refractivity contribution in [2.75, 3.05) is 6.54 Å². The Bertz CT molecular complexity index is 1280. The van der Waals surface area contributed by atoms with Gasteiger partial charge in [0, 0.05) is 24.4 Å². The maximum atomic E-state index is 13.6. The van der Waals surface area contributed by atoms with Crippen LogP contribution in [0.1, 0.15) is 46.2 Å². The van der Waals surface area contributed by atoms with Gasteiger partial charge in [0.25, 0.3) is 5.91 Å². The smallest absolute Gasteiger partial charge is 0.321 e. The molecule has 1 saturated heterocycles. The summed E-state index contributed by atoms with van der Waals surface area (Å²) in [5.74, 6) is -6.94. The van der Waals surface area contributed by atoms with Crippen molar-refractivity contribution in [3.05, 3.63) is 36.0 Å². The molecule has 5 atom stereocenters. The summed E-state index contributed by atoms with van der Waals surface area (Å²) in [4.78, 5) is 40.5. The van der Waals surface area contributed by atoms with E-state index >= 15 is 0 Å². The Labute approximate surface area is 213 Å². The number of piperidine rings is 1. The van der Waals surface area contributed by atoms with Crippen LogP contribution in [0, 0.1) is 34.5 Å². The molecule has 2 aromatic rings. The SMILES string of the molecule is CC(C)C(NC(=O)C(C)(F)F)C(=O)N1C[C@H]2[C@@H]([C@H]1C(=O)NC(C#N)c1cnnc3ccccc13)C2(C)C. The van der Waals surface area contributed by atoms with Gasteiger partial charge >= 0.3 is 5.92 Å². The first kappa shape index (κ1) is 26.4.